The molecule has 0 radical (unpaired) electrons. The van der Waals surface area contributed by atoms with Crippen LogP contribution in [0.4, 0.5) is 4.79 Å². The third-order valence-corrected chi connectivity index (χ3v) is 8.84. The maximum atomic E-state index is 13.1. The number of hydrogen-bond acceptors (Lipinski definition) is 5. The van der Waals surface area contributed by atoms with E-state index >= 15 is 0 Å². The lowest BCUT2D eigenvalue weighted by atomic mass is 9.71. The highest BCUT2D eigenvalue weighted by atomic mass is 16.6. The third-order valence-electron chi connectivity index (χ3n) is 8.84. The van der Waals surface area contributed by atoms with Crippen LogP contribution in [0.3, 0.4) is 0 Å². The van der Waals surface area contributed by atoms with Crippen molar-refractivity contribution in [2.45, 2.75) is 43.6 Å². The van der Waals surface area contributed by atoms with Crippen LogP contribution in [0.15, 0.2) is 121 Å². The van der Waals surface area contributed by atoms with Crippen LogP contribution in [0, 0.1) is 0 Å². The Kier molecular flexibility index (Phi) is 11.3. The molecule has 1 aliphatic heterocycles. The molecule has 44 heavy (non-hydrogen) atoms. The highest BCUT2D eigenvalue weighted by Gasteiger charge is 2.35. The normalized spacial score (nSPS) is 14.2. The van der Waals surface area contributed by atoms with Gasteiger partial charge in [0, 0.05) is 12.0 Å². The highest BCUT2D eigenvalue weighted by molar-refractivity contribution is 5.70. The molecule has 1 heterocycles. The number of ether oxygens (including phenoxy) is 1. The minimum atomic E-state index is -0.572. The maximum Gasteiger partial charge on any atom is 0.424 e. The average Bonchev–Trinajstić information content (AvgIpc) is 3.10. The molecule has 0 saturated carbocycles. The number of rotatable bonds is 14. The fourth-order valence-corrected chi connectivity index (χ4v) is 6.39. The molecule has 0 aromatic heterocycles. The SMILES string of the molecule is O=CCN(NCC(CCCN1CCC(c2ccccc2)CC1)(c1ccccc1)c1ccccc1)C(=O)OCc1ccccc1. The number of nitrogens with one attached hydrogen (secondary N) is 1. The molecule has 1 fully saturated rings. The molecule has 4 aromatic rings. The summed E-state index contributed by atoms with van der Waals surface area (Å²) in [6, 6.07) is 41.4. The van der Waals surface area contributed by atoms with Crippen molar-refractivity contribution in [1.29, 1.82) is 0 Å². The average molecular weight is 590 g/mol. The molecule has 0 bridgehead atoms. The van der Waals surface area contributed by atoms with Gasteiger partial charge < -0.3 is 14.4 Å². The van der Waals surface area contributed by atoms with Gasteiger partial charge in [0.15, 0.2) is 0 Å². The number of aldehydes is 1. The molecule has 0 unspecified atom stereocenters. The maximum absolute atomic E-state index is 13.1. The van der Waals surface area contributed by atoms with Gasteiger partial charge in [0.1, 0.15) is 12.9 Å². The van der Waals surface area contributed by atoms with Gasteiger partial charge in [0.25, 0.3) is 0 Å². The van der Waals surface area contributed by atoms with E-state index in [1.54, 1.807) is 0 Å². The van der Waals surface area contributed by atoms with E-state index in [2.05, 4.69) is 89.2 Å². The molecule has 0 atom stereocenters. The van der Waals surface area contributed by atoms with E-state index in [-0.39, 0.29) is 13.2 Å². The summed E-state index contributed by atoms with van der Waals surface area (Å²) in [5.74, 6) is 0.634. The standard InChI is InChI=1S/C38H43N3O3/c42-29-28-41(37(43)44-30-32-14-5-1-6-15-32)39-31-38(35-18-9-3-10-19-35,36-20-11-4-12-21-36)24-13-25-40-26-22-34(23-27-40)33-16-7-2-8-17-33/h1-12,14-21,29,34,39H,13,22-28,30-31H2. The summed E-state index contributed by atoms with van der Waals surface area (Å²) in [7, 11) is 0. The quantitative estimate of drug-likeness (QED) is 0.127. The number of benzene rings is 4. The Morgan fingerprint density at radius 3 is 1.93 bits per heavy atom. The minimum absolute atomic E-state index is 0.107. The van der Waals surface area contributed by atoms with Crippen LogP contribution in [0.2, 0.25) is 0 Å². The zero-order chi connectivity index (χ0) is 30.5. The number of carbonyl (C=O) groups is 2. The predicted octanol–water partition coefficient (Wildman–Crippen LogP) is 6.97. The predicted molar refractivity (Wildman–Crippen MR) is 175 cm³/mol. The molecule has 1 amide bonds. The van der Waals surface area contributed by atoms with Gasteiger partial charge in [-0.15, -0.1) is 0 Å². The van der Waals surface area contributed by atoms with Gasteiger partial charge in [0.2, 0.25) is 0 Å². The van der Waals surface area contributed by atoms with E-state index in [0.717, 1.165) is 44.3 Å². The first-order valence-corrected chi connectivity index (χ1v) is 15.7. The first kappa shape index (κ1) is 31.2. The van der Waals surface area contributed by atoms with Gasteiger partial charge in [-0.3, -0.25) is 0 Å². The van der Waals surface area contributed by atoms with Crippen LogP contribution in [0.5, 0.6) is 0 Å². The van der Waals surface area contributed by atoms with Crippen molar-refractivity contribution in [2.24, 2.45) is 0 Å². The molecule has 5 rings (SSSR count). The van der Waals surface area contributed by atoms with Crippen molar-refractivity contribution in [3.05, 3.63) is 144 Å². The first-order valence-electron chi connectivity index (χ1n) is 15.7. The number of hydrazine groups is 1. The van der Waals surface area contributed by atoms with Crippen molar-refractivity contribution >= 4 is 12.4 Å². The number of amides is 1. The van der Waals surface area contributed by atoms with Crippen molar-refractivity contribution in [3.63, 3.8) is 0 Å². The van der Waals surface area contributed by atoms with Crippen LogP contribution in [0.1, 0.15) is 53.9 Å². The van der Waals surface area contributed by atoms with Crippen molar-refractivity contribution in [2.75, 3.05) is 32.7 Å². The van der Waals surface area contributed by atoms with Crippen molar-refractivity contribution in [3.8, 4) is 0 Å². The van der Waals surface area contributed by atoms with Crippen molar-refractivity contribution in [1.82, 2.24) is 15.3 Å². The Morgan fingerprint density at radius 1 is 0.818 bits per heavy atom. The van der Waals surface area contributed by atoms with Crippen LogP contribution in [0.25, 0.3) is 0 Å². The molecule has 4 aromatic carbocycles. The summed E-state index contributed by atoms with van der Waals surface area (Å²) in [5.41, 5.74) is 7.58. The topological polar surface area (TPSA) is 61.9 Å². The van der Waals surface area contributed by atoms with E-state index < -0.39 is 11.5 Å². The largest absolute Gasteiger partial charge is 0.444 e. The number of likely N-dealkylation sites (tertiary alicyclic amines) is 1. The lowest BCUT2D eigenvalue weighted by molar-refractivity contribution is -0.109. The van der Waals surface area contributed by atoms with E-state index in [9.17, 15) is 9.59 Å². The summed E-state index contributed by atoms with van der Waals surface area (Å²) in [5, 5.41) is 1.30. The molecule has 0 spiro atoms. The van der Waals surface area contributed by atoms with Crippen LogP contribution in [-0.4, -0.2) is 55.0 Å². The van der Waals surface area contributed by atoms with Crippen LogP contribution < -0.4 is 5.43 Å². The van der Waals surface area contributed by atoms with Gasteiger partial charge in [-0.2, -0.15) is 0 Å². The zero-order valence-electron chi connectivity index (χ0n) is 25.4. The van der Waals surface area contributed by atoms with Crippen LogP contribution >= 0.6 is 0 Å². The monoisotopic (exact) mass is 589 g/mol. The van der Waals surface area contributed by atoms with E-state index in [4.69, 9.17) is 4.74 Å². The second kappa shape index (κ2) is 16.0. The summed E-state index contributed by atoms with van der Waals surface area (Å²) in [6.07, 6.45) is 4.38. The number of hydrogen-bond donors (Lipinski definition) is 1. The molecular formula is C38H43N3O3. The van der Waals surface area contributed by atoms with Crippen molar-refractivity contribution < 1.29 is 14.3 Å². The summed E-state index contributed by atoms with van der Waals surface area (Å²) in [4.78, 5) is 27.3. The Labute approximate surface area is 261 Å². The Bertz CT molecular complexity index is 1370. The Balaban J connectivity index is 1.30. The summed E-state index contributed by atoms with van der Waals surface area (Å²) in [6.45, 7) is 3.68. The molecule has 1 N–H and O–H groups in total. The Hall–Kier alpha value is -4.26. The highest BCUT2D eigenvalue weighted by Crippen LogP contribution is 2.37. The molecule has 228 valence electrons. The third kappa shape index (κ3) is 8.22. The molecule has 6 nitrogen and oxygen atoms in total. The second-order valence-corrected chi connectivity index (χ2v) is 11.6. The van der Waals surface area contributed by atoms with Crippen LogP contribution in [-0.2, 0) is 21.6 Å². The molecular weight excluding hydrogens is 546 g/mol. The van der Waals surface area contributed by atoms with E-state index in [1.807, 2.05) is 42.5 Å². The Morgan fingerprint density at radius 2 is 1.36 bits per heavy atom. The fourth-order valence-electron chi connectivity index (χ4n) is 6.39. The lowest BCUT2D eigenvalue weighted by Crippen LogP contribution is -2.51. The van der Waals surface area contributed by atoms with Gasteiger partial charge in [-0.1, -0.05) is 121 Å². The molecule has 1 aliphatic rings. The second-order valence-electron chi connectivity index (χ2n) is 11.6. The molecule has 6 heteroatoms. The van der Waals surface area contributed by atoms with Gasteiger partial charge >= 0.3 is 6.09 Å². The zero-order valence-corrected chi connectivity index (χ0v) is 25.4. The smallest absolute Gasteiger partial charge is 0.424 e. The van der Waals surface area contributed by atoms with Gasteiger partial charge in [-0.05, 0) is 73.5 Å². The molecule has 0 aliphatic carbocycles. The van der Waals surface area contributed by atoms with Gasteiger partial charge in [0.05, 0.1) is 6.54 Å². The van der Waals surface area contributed by atoms with E-state index in [0.29, 0.717) is 12.5 Å². The summed E-state index contributed by atoms with van der Waals surface area (Å²) >= 11 is 0. The number of carbonyl (C=O) groups excluding carboxylic acids is 2. The molecule has 1 saturated heterocycles. The summed E-state index contributed by atoms with van der Waals surface area (Å²) < 4.78 is 5.58. The minimum Gasteiger partial charge on any atom is -0.444 e. The lowest BCUT2D eigenvalue weighted by Gasteiger charge is -2.38. The first-order chi connectivity index (χ1) is 21.7. The van der Waals surface area contributed by atoms with Gasteiger partial charge in [-0.25, -0.2) is 15.2 Å². The number of nitrogens with zero attached hydrogens (tertiary/aromatic N) is 2. The fraction of sp³-hybridized carbons (Fsp3) is 0.316. The van der Waals surface area contributed by atoms with E-state index in [1.165, 1.54) is 34.5 Å². The number of piperidine rings is 1.